The van der Waals surface area contributed by atoms with Crippen molar-refractivity contribution in [3.05, 3.63) is 225 Å². The molecule has 0 fully saturated rings. The Kier molecular flexibility index (Phi) is 44.0. The maximum absolute atomic E-state index is 12.1. The van der Waals surface area contributed by atoms with Gasteiger partial charge in [-0.05, 0) is 114 Å². The van der Waals surface area contributed by atoms with Crippen LogP contribution in [0.2, 0.25) is 5.28 Å². The van der Waals surface area contributed by atoms with Gasteiger partial charge in [0.05, 0.1) is 104 Å². The van der Waals surface area contributed by atoms with Gasteiger partial charge in [0.1, 0.15) is 6.29 Å². The number of nitrogen functional groups attached to an aromatic ring is 2. The Morgan fingerprint density at radius 1 is 0.435 bits per heavy atom. The van der Waals surface area contributed by atoms with E-state index in [0.29, 0.717) is 74.4 Å². The zero-order chi connectivity index (χ0) is 79.2. The zero-order valence-electron chi connectivity index (χ0n) is 62.1. The number of rotatable bonds is 24. The summed E-state index contributed by atoms with van der Waals surface area (Å²) in [6.07, 6.45) is 10.2. The van der Waals surface area contributed by atoms with Gasteiger partial charge in [-0.1, -0.05) is 99.1 Å². The number of aldehydes is 1. The summed E-state index contributed by atoms with van der Waals surface area (Å²) in [5.74, 6) is 3.56. The molecule has 0 radical (unpaired) electrons. The van der Waals surface area contributed by atoms with Crippen molar-refractivity contribution >= 4 is 126 Å². The Morgan fingerprint density at radius 2 is 0.759 bits per heavy atom. The van der Waals surface area contributed by atoms with E-state index in [2.05, 4.69) is 83.6 Å². The second-order valence-electron chi connectivity index (χ2n) is 20.3. The number of nitrogens with zero attached hydrogens (tertiary/aromatic N) is 3. The largest absolute Gasteiger partial charge is 1.00 e. The molecule has 1 amide bonds. The molecule has 0 saturated heterocycles. The number of esters is 2. The van der Waals surface area contributed by atoms with Gasteiger partial charge in [-0.25, -0.2) is 9.59 Å². The maximum atomic E-state index is 12.1. The van der Waals surface area contributed by atoms with Gasteiger partial charge < -0.3 is 98.8 Å². The first-order valence-corrected chi connectivity index (χ1v) is 33.0. The number of carbonyl (C=O) groups excluding carboxylic acids is 4. The summed E-state index contributed by atoms with van der Waals surface area (Å²) in [5, 5.41) is 18.9. The minimum atomic E-state index is -0.495. The van der Waals surface area contributed by atoms with Gasteiger partial charge in [-0.2, -0.15) is 9.97 Å². The number of para-hydroxylation sites is 2. The number of aromatic nitrogens is 3. The smallest absolute Gasteiger partial charge is 0.617 e. The molecule has 27 nitrogen and oxygen atoms in total. The Balaban J connectivity index is 0.000000457. The second-order valence-corrected chi connectivity index (χ2v) is 22.4. The summed E-state index contributed by atoms with van der Waals surface area (Å²) in [6.45, 7) is 2.90. The maximum Gasteiger partial charge on any atom is 1.00 e. The van der Waals surface area contributed by atoms with Crippen LogP contribution < -0.4 is 103 Å². The molecule has 0 spiro atoms. The minimum Gasteiger partial charge on any atom is -0.617 e. The summed E-state index contributed by atoms with van der Waals surface area (Å²) in [4.78, 5) is 55.1. The molecule has 7 N–H and O–H groups in total. The molecule has 1 aromatic heterocycles. The quantitative estimate of drug-likeness (QED) is 0.00937. The van der Waals surface area contributed by atoms with Gasteiger partial charge in [0.15, 0.2) is 34.5 Å². The SMILES string of the molecule is C=C([O-])OC.COC(=O)/C=C/c1ccc(Br)cc1.COC(=O)/C=C/c1ccc(Nc2cc(OC)c(OC)c(OC)c2)cc1.COc1cc(N)cc(OC)c1OC.COc1cc(Nc2ccc(/C=C/C(=O)Nc3ccccc3N)cc2)cc(OC)c1OC.COc1nc(Cl)nc(OC)n1.O=Cc1ccc(Br)cc1.[Li+]. The van der Waals surface area contributed by atoms with Gasteiger partial charge in [0, 0.05) is 104 Å². The number of ether oxygens (including phenoxy) is 14. The van der Waals surface area contributed by atoms with Crippen molar-refractivity contribution in [3.63, 3.8) is 0 Å². The Bertz CT molecular complexity index is 4260. The van der Waals surface area contributed by atoms with Crippen LogP contribution in [0.15, 0.2) is 197 Å². The molecule has 1 heterocycles. The number of methoxy groups -OCH3 is 14. The third-order valence-corrected chi connectivity index (χ3v) is 14.5. The number of carbonyl (C=O) groups is 4. The van der Waals surface area contributed by atoms with Crippen LogP contribution in [0.25, 0.3) is 18.2 Å². The Hall–Kier alpha value is -11.7. The van der Waals surface area contributed by atoms with Crippen molar-refractivity contribution in [2.45, 2.75) is 0 Å². The van der Waals surface area contributed by atoms with E-state index in [4.69, 9.17) is 75.2 Å². The first-order valence-electron chi connectivity index (χ1n) is 31.1. The van der Waals surface area contributed by atoms with Gasteiger partial charge in [-0.15, -0.1) is 4.98 Å². The summed E-state index contributed by atoms with van der Waals surface area (Å²) < 4.78 is 71.8. The number of halogens is 3. The van der Waals surface area contributed by atoms with Crippen molar-refractivity contribution in [1.29, 1.82) is 0 Å². The van der Waals surface area contributed by atoms with E-state index in [1.54, 1.807) is 119 Å². The standard InChI is InChI=1S/C24H25N3O4.C19H21NO5.C10H9BrO2.C9H13NO3.C7H5BrO.C5H6ClN3O2.C3H6O2.Li/c1-29-21-14-18(15-22(30-2)24(21)31-3)26-17-11-8-16(9-12-17)10-13-23(28)27-20-7-5-4-6-19(20)25;1-22-16-11-15(12-17(23-2)19(16)25-4)20-14-8-5-13(6-9-14)7-10-18(21)24-3;1-13-10(12)7-4-8-2-5-9(11)6-3-8;1-11-7-4-6(10)5-8(12-2)9(7)13-3;8-7-3-1-6(5-9)2-4-7;1-10-4-7-3(6)8-5(9-4)11-2;1-3(4)5-2;/h4-15,26H,25H2,1-3H3,(H,27,28);5-12,20H,1-4H3;2-7H,1H3;4-5H,10H2,1-3H3;1-5H;1-2H3;4H,1H2,2H3;/q;;;;;;;+1/p-1/b13-10+;10-7+;7-4+;;;;;. The number of hydrogen-bond acceptors (Lipinski definition) is 26. The van der Waals surface area contributed by atoms with Crippen molar-refractivity contribution in [3.8, 4) is 63.8 Å². The molecule has 9 rings (SSSR count). The van der Waals surface area contributed by atoms with Crippen LogP contribution in [0.3, 0.4) is 0 Å². The van der Waals surface area contributed by atoms with Crippen molar-refractivity contribution in [2.75, 3.05) is 127 Å². The molecule has 0 bridgehead atoms. The van der Waals surface area contributed by atoms with Crippen molar-refractivity contribution in [2.24, 2.45) is 0 Å². The van der Waals surface area contributed by atoms with Gasteiger partial charge in [0.25, 0.3) is 0 Å². The fourth-order valence-electron chi connectivity index (χ4n) is 8.13. The van der Waals surface area contributed by atoms with Gasteiger partial charge in [0.2, 0.25) is 28.4 Å². The molecule has 0 unspecified atom stereocenters. The van der Waals surface area contributed by atoms with E-state index >= 15 is 0 Å². The monoisotopic (exact) mass is 1620 g/mol. The molecule has 31 heteroatoms. The van der Waals surface area contributed by atoms with Crippen LogP contribution in [0, 0.1) is 0 Å². The molecule has 8 aromatic carbocycles. The first-order chi connectivity index (χ1) is 51.4. The van der Waals surface area contributed by atoms with Crippen LogP contribution in [0.1, 0.15) is 27.0 Å². The topological polar surface area (TPSA) is 347 Å². The molecular weight excluding hydrogens is 1540 g/mol. The van der Waals surface area contributed by atoms with Crippen LogP contribution in [0.4, 0.5) is 39.8 Å². The Labute approximate surface area is 661 Å². The third-order valence-electron chi connectivity index (χ3n) is 13.3. The Morgan fingerprint density at radius 3 is 1.06 bits per heavy atom. The molecular formula is C77H84Br2ClLiN8O19. The molecule has 0 saturated carbocycles. The predicted octanol–water partition coefficient (Wildman–Crippen LogP) is 11.5. The summed E-state index contributed by atoms with van der Waals surface area (Å²) in [5.41, 5.74) is 19.9. The summed E-state index contributed by atoms with van der Waals surface area (Å²) >= 11 is 12.1. The average Bonchev–Trinajstić information content (AvgIpc) is 0.830. The van der Waals surface area contributed by atoms with Crippen LogP contribution in [0.5, 0.6) is 63.8 Å². The van der Waals surface area contributed by atoms with E-state index < -0.39 is 5.95 Å². The fourth-order valence-corrected chi connectivity index (χ4v) is 8.80. The normalized spacial score (nSPS) is 9.82. The number of hydrogen-bond donors (Lipinski definition) is 5. The van der Waals surface area contributed by atoms with E-state index in [9.17, 15) is 24.3 Å². The number of nitrogens with one attached hydrogen (secondary N) is 3. The molecule has 0 atom stereocenters. The molecule has 0 aliphatic carbocycles. The molecule has 0 aliphatic heterocycles. The van der Waals surface area contributed by atoms with Gasteiger partial charge in [-0.3, -0.25) is 9.59 Å². The number of anilines is 7. The van der Waals surface area contributed by atoms with E-state index in [0.717, 1.165) is 54.7 Å². The van der Waals surface area contributed by atoms with Crippen molar-refractivity contribution < 1.29 is 109 Å². The van der Waals surface area contributed by atoms with E-state index in [1.165, 1.54) is 53.8 Å². The molecule has 568 valence electrons. The minimum absolute atomic E-state index is 0. The van der Waals surface area contributed by atoms with E-state index in [1.807, 2.05) is 121 Å². The first kappa shape index (κ1) is 92.3. The number of nitrogens with two attached hydrogens (primary N) is 2. The fraction of sp³-hybridized carbons (Fsp3) is 0.182. The van der Waals surface area contributed by atoms with Crippen molar-refractivity contribution in [1.82, 2.24) is 15.0 Å². The number of amides is 1. The number of benzene rings is 8. The van der Waals surface area contributed by atoms with Crippen LogP contribution in [-0.2, 0) is 28.6 Å². The average molecular weight is 1630 g/mol. The molecule has 0 aliphatic rings. The molecule has 108 heavy (non-hydrogen) atoms. The second kappa shape index (κ2) is 51.4. The van der Waals surface area contributed by atoms with E-state index in [-0.39, 0.29) is 54.0 Å². The predicted molar refractivity (Wildman–Crippen MR) is 421 cm³/mol. The van der Waals surface area contributed by atoms with Crippen LogP contribution >= 0.6 is 43.5 Å². The van der Waals surface area contributed by atoms with Gasteiger partial charge >= 0.3 is 42.8 Å². The summed E-state index contributed by atoms with van der Waals surface area (Å²) in [6, 6.07) is 48.1. The summed E-state index contributed by atoms with van der Waals surface area (Å²) in [7, 11) is 20.9. The zero-order valence-corrected chi connectivity index (χ0v) is 66.1. The third kappa shape index (κ3) is 33.6. The van der Waals surface area contributed by atoms with Crippen LogP contribution in [-0.4, -0.2) is 139 Å². The molecule has 9 aromatic rings.